The van der Waals surface area contributed by atoms with Crippen molar-refractivity contribution in [1.29, 1.82) is 0 Å². The largest absolute Gasteiger partial charge is 0.469 e. The number of methoxy groups -OCH3 is 1. The summed E-state index contributed by atoms with van der Waals surface area (Å²) in [5.41, 5.74) is 0. The summed E-state index contributed by atoms with van der Waals surface area (Å²) in [4.78, 5) is 37.4. The minimum Gasteiger partial charge on any atom is -0.469 e. The molecule has 20 heavy (non-hydrogen) atoms. The highest BCUT2D eigenvalue weighted by atomic mass is 16.5. The molecule has 1 saturated heterocycles. The van der Waals surface area contributed by atoms with Gasteiger partial charge in [-0.25, -0.2) is 0 Å². The van der Waals surface area contributed by atoms with E-state index in [-0.39, 0.29) is 24.2 Å². The van der Waals surface area contributed by atoms with Gasteiger partial charge in [0.2, 0.25) is 11.8 Å². The Morgan fingerprint density at radius 2 is 2.25 bits per heavy atom. The zero-order valence-corrected chi connectivity index (χ0v) is 11.6. The first-order valence-electron chi connectivity index (χ1n) is 6.93. The summed E-state index contributed by atoms with van der Waals surface area (Å²) < 4.78 is 4.61. The number of esters is 1. The molecule has 6 heteroatoms. The number of piperazine rings is 1. The monoisotopic (exact) mass is 280 g/mol. The minimum absolute atomic E-state index is 0.0295. The first-order valence-corrected chi connectivity index (χ1v) is 6.93. The van der Waals surface area contributed by atoms with Gasteiger partial charge < -0.3 is 15.0 Å². The zero-order chi connectivity index (χ0) is 14.5. The van der Waals surface area contributed by atoms with Crippen LogP contribution in [0.1, 0.15) is 25.7 Å². The second-order valence-electron chi connectivity index (χ2n) is 5.10. The Labute approximate surface area is 118 Å². The molecule has 0 aromatic rings. The molecular weight excluding hydrogens is 260 g/mol. The van der Waals surface area contributed by atoms with E-state index in [2.05, 4.69) is 16.1 Å². The summed E-state index contributed by atoms with van der Waals surface area (Å²) in [6.45, 7) is 0.886. The Hall–Kier alpha value is -1.85. The summed E-state index contributed by atoms with van der Waals surface area (Å²) in [6.07, 6.45) is 6.39. The Balaban J connectivity index is 2.09. The Kier molecular flexibility index (Phi) is 4.76. The number of hydrogen-bond acceptors (Lipinski definition) is 4. The Morgan fingerprint density at radius 3 is 2.90 bits per heavy atom. The van der Waals surface area contributed by atoms with E-state index in [1.807, 2.05) is 6.08 Å². The molecule has 0 aromatic carbocycles. The van der Waals surface area contributed by atoms with Crippen LogP contribution in [0.4, 0.5) is 0 Å². The van der Waals surface area contributed by atoms with Crippen molar-refractivity contribution in [2.45, 2.75) is 31.7 Å². The van der Waals surface area contributed by atoms with Crippen molar-refractivity contribution in [1.82, 2.24) is 10.2 Å². The molecule has 2 aliphatic rings. The second-order valence-corrected chi connectivity index (χ2v) is 5.10. The van der Waals surface area contributed by atoms with Crippen LogP contribution >= 0.6 is 0 Å². The molecule has 0 aromatic heterocycles. The summed E-state index contributed by atoms with van der Waals surface area (Å²) in [6, 6.07) is -0.741. The van der Waals surface area contributed by atoms with Gasteiger partial charge in [0.25, 0.3) is 0 Å². The molecule has 2 amide bonds. The van der Waals surface area contributed by atoms with Crippen molar-refractivity contribution < 1.29 is 19.1 Å². The first-order chi connectivity index (χ1) is 9.63. The van der Waals surface area contributed by atoms with E-state index in [0.717, 1.165) is 12.8 Å². The lowest BCUT2D eigenvalue weighted by atomic mass is 9.92. The number of amides is 2. The quantitative estimate of drug-likeness (QED) is 0.593. The molecule has 0 radical (unpaired) electrons. The predicted octanol–water partition coefficient (Wildman–Crippen LogP) is 0.233. The van der Waals surface area contributed by atoms with Crippen LogP contribution in [0.5, 0.6) is 0 Å². The highest BCUT2D eigenvalue weighted by molar-refractivity contribution is 5.92. The van der Waals surface area contributed by atoms with Crippen molar-refractivity contribution in [3.05, 3.63) is 12.2 Å². The van der Waals surface area contributed by atoms with Crippen LogP contribution in [0.2, 0.25) is 0 Å². The number of carbonyl (C=O) groups is 3. The van der Waals surface area contributed by atoms with E-state index < -0.39 is 12.0 Å². The van der Waals surface area contributed by atoms with Crippen LogP contribution in [0, 0.1) is 5.92 Å². The van der Waals surface area contributed by atoms with Crippen molar-refractivity contribution in [2.24, 2.45) is 5.92 Å². The van der Waals surface area contributed by atoms with Crippen LogP contribution < -0.4 is 5.32 Å². The first kappa shape index (κ1) is 14.6. The Morgan fingerprint density at radius 1 is 1.45 bits per heavy atom. The van der Waals surface area contributed by atoms with Gasteiger partial charge in [-0.1, -0.05) is 12.2 Å². The van der Waals surface area contributed by atoms with Gasteiger partial charge in [0.05, 0.1) is 13.5 Å². The summed E-state index contributed by atoms with van der Waals surface area (Å²) in [5, 5.41) is 2.69. The molecule has 1 fully saturated rings. The van der Waals surface area contributed by atoms with E-state index >= 15 is 0 Å². The minimum atomic E-state index is -0.741. The van der Waals surface area contributed by atoms with Crippen LogP contribution in [-0.2, 0) is 19.1 Å². The molecule has 2 atom stereocenters. The molecule has 1 N–H and O–H groups in total. The molecule has 1 heterocycles. The Bertz CT molecular complexity index is 433. The predicted molar refractivity (Wildman–Crippen MR) is 71.6 cm³/mol. The maximum Gasteiger partial charge on any atom is 0.308 e. The topological polar surface area (TPSA) is 75.7 Å². The van der Waals surface area contributed by atoms with Gasteiger partial charge in [0, 0.05) is 19.0 Å². The van der Waals surface area contributed by atoms with Crippen molar-refractivity contribution >= 4 is 17.8 Å². The molecule has 0 spiro atoms. The van der Waals surface area contributed by atoms with Gasteiger partial charge in [0.1, 0.15) is 6.04 Å². The number of ether oxygens (including phenoxy) is 1. The van der Waals surface area contributed by atoms with Crippen LogP contribution in [0.3, 0.4) is 0 Å². The van der Waals surface area contributed by atoms with Crippen LogP contribution in [-0.4, -0.2) is 48.9 Å². The van der Waals surface area contributed by atoms with E-state index in [9.17, 15) is 14.4 Å². The van der Waals surface area contributed by atoms with Gasteiger partial charge >= 0.3 is 5.97 Å². The average molecular weight is 280 g/mol. The van der Waals surface area contributed by atoms with Crippen molar-refractivity contribution in [3.8, 4) is 0 Å². The van der Waals surface area contributed by atoms with E-state index in [4.69, 9.17) is 0 Å². The molecule has 0 saturated carbocycles. The fraction of sp³-hybridized carbons (Fsp3) is 0.643. The van der Waals surface area contributed by atoms with E-state index in [0.29, 0.717) is 19.5 Å². The number of allylic oxidation sites excluding steroid dienone is 2. The second kappa shape index (κ2) is 6.54. The van der Waals surface area contributed by atoms with E-state index in [1.165, 1.54) is 7.11 Å². The maximum atomic E-state index is 12.5. The lowest BCUT2D eigenvalue weighted by Gasteiger charge is -2.37. The maximum absolute atomic E-state index is 12.5. The number of hydrogen-bond donors (Lipinski definition) is 1. The lowest BCUT2D eigenvalue weighted by molar-refractivity contribution is -0.152. The number of carbonyl (C=O) groups excluding carboxylic acids is 3. The number of rotatable bonds is 3. The highest BCUT2D eigenvalue weighted by Crippen LogP contribution is 2.23. The third-order valence-corrected chi connectivity index (χ3v) is 3.82. The molecule has 1 aliphatic carbocycles. The molecule has 6 nitrogen and oxygen atoms in total. The molecule has 2 unspecified atom stereocenters. The molecule has 2 rings (SSSR count). The smallest absolute Gasteiger partial charge is 0.308 e. The molecule has 0 bridgehead atoms. The SMILES string of the molecule is COC(=O)CC1C(=O)NCCN1C(=O)C1CC=CCC1. The van der Waals surface area contributed by atoms with Crippen molar-refractivity contribution in [2.75, 3.05) is 20.2 Å². The summed E-state index contributed by atoms with van der Waals surface area (Å²) in [7, 11) is 1.28. The third kappa shape index (κ3) is 3.18. The lowest BCUT2D eigenvalue weighted by Crippen LogP contribution is -2.59. The summed E-state index contributed by atoms with van der Waals surface area (Å²) in [5.74, 6) is -0.862. The fourth-order valence-corrected chi connectivity index (χ4v) is 2.68. The standard InChI is InChI=1S/C14H20N2O4/c1-20-12(17)9-11-13(18)15-7-8-16(11)14(19)10-5-3-2-4-6-10/h2-3,10-11H,4-9H2,1H3,(H,15,18). The van der Waals surface area contributed by atoms with Gasteiger partial charge in [-0.3, -0.25) is 14.4 Å². The highest BCUT2D eigenvalue weighted by Gasteiger charge is 2.37. The van der Waals surface area contributed by atoms with E-state index in [1.54, 1.807) is 4.90 Å². The number of nitrogens with one attached hydrogen (secondary N) is 1. The molecular formula is C14H20N2O4. The van der Waals surface area contributed by atoms with Crippen LogP contribution in [0.25, 0.3) is 0 Å². The average Bonchev–Trinajstić information content (AvgIpc) is 2.49. The molecule has 1 aliphatic heterocycles. The van der Waals surface area contributed by atoms with Gasteiger partial charge in [-0.05, 0) is 19.3 Å². The number of nitrogens with zero attached hydrogens (tertiary/aromatic N) is 1. The van der Waals surface area contributed by atoms with Crippen molar-refractivity contribution in [3.63, 3.8) is 0 Å². The zero-order valence-electron chi connectivity index (χ0n) is 11.6. The molecule has 110 valence electrons. The third-order valence-electron chi connectivity index (χ3n) is 3.82. The van der Waals surface area contributed by atoms with Gasteiger partial charge in [-0.2, -0.15) is 0 Å². The fourth-order valence-electron chi connectivity index (χ4n) is 2.68. The van der Waals surface area contributed by atoms with Gasteiger partial charge in [-0.15, -0.1) is 0 Å². The normalized spacial score (nSPS) is 26.1. The van der Waals surface area contributed by atoms with Gasteiger partial charge in [0.15, 0.2) is 0 Å². The summed E-state index contributed by atoms with van der Waals surface area (Å²) >= 11 is 0. The van der Waals surface area contributed by atoms with Crippen LogP contribution in [0.15, 0.2) is 12.2 Å².